The monoisotopic (exact) mass is 502 g/mol. The molecule has 7 nitrogen and oxygen atoms in total. The molecule has 1 saturated heterocycles. The molecular formula is C28H26N2O5S. The van der Waals surface area contributed by atoms with E-state index in [1.807, 2.05) is 68.4 Å². The van der Waals surface area contributed by atoms with Crippen molar-refractivity contribution in [3.63, 3.8) is 0 Å². The van der Waals surface area contributed by atoms with Crippen LogP contribution in [0.25, 0.3) is 6.08 Å². The summed E-state index contributed by atoms with van der Waals surface area (Å²) in [5.41, 5.74) is 3.28. The van der Waals surface area contributed by atoms with Gasteiger partial charge in [-0.25, -0.2) is 0 Å². The maximum atomic E-state index is 12.9. The molecule has 0 unspecified atom stereocenters. The summed E-state index contributed by atoms with van der Waals surface area (Å²) < 4.78 is 11.5. The molecule has 1 fully saturated rings. The van der Waals surface area contributed by atoms with Crippen molar-refractivity contribution in [1.82, 2.24) is 4.90 Å². The van der Waals surface area contributed by atoms with Gasteiger partial charge in [0.25, 0.3) is 11.1 Å². The fourth-order valence-corrected chi connectivity index (χ4v) is 4.39. The molecule has 0 atom stereocenters. The number of nitrogens with zero attached hydrogens (tertiary/aromatic N) is 1. The van der Waals surface area contributed by atoms with Gasteiger partial charge in [0.15, 0.2) is 0 Å². The Bertz CT molecular complexity index is 1310. The van der Waals surface area contributed by atoms with Crippen molar-refractivity contribution in [2.75, 3.05) is 25.1 Å². The quantitative estimate of drug-likeness (QED) is 0.310. The number of amides is 3. The van der Waals surface area contributed by atoms with E-state index in [4.69, 9.17) is 9.47 Å². The van der Waals surface area contributed by atoms with Gasteiger partial charge in [0, 0.05) is 11.3 Å². The number of carbonyl (C=O) groups is 3. The van der Waals surface area contributed by atoms with Gasteiger partial charge in [-0.3, -0.25) is 19.3 Å². The van der Waals surface area contributed by atoms with E-state index in [9.17, 15) is 14.4 Å². The number of imide groups is 1. The highest BCUT2D eigenvalue weighted by molar-refractivity contribution is 8.18. The van der Waals surface area contributed by atoms with Gasteiger partial charge in [-0.1, -0.05) is 48.5 Å². The lowest BCUT2D eigenvalue weighted by molar-refractivity contribution is -0.127. The van der Waals surface area contributed by atoms with Crippen LogP contribution in [0, 0.1) is 13.8 Å². The topological polar surface area (TPSA) is 84.9 Å². The van der Waals surface area contributed by atoms with Gasteiger partial charge in [0.1, 0.15) is 31.3 Å². The van der Waals surface area contributed by atoms with Crippen LogP contribution < -0.4 is 14.8 Å². The molecule has 0 bridgehead atoms. The Morgan fingerprint density at radius 1 is 0.917 bits per heavy atom. The zero-order valence-corrected chi connectivity index (χ0v) is 20.8. The van der Waals surface area contributed by atoms with Crippen LogP contribution in [0.2, 0.25) is 0 Å². The number of hydrogen-bond donors (Lipinski definition) is 1. The number of carbonyl (C=O) groups excluding carboxylic acids is 3. The van der Waals surface area contributed by atoms with Gasteiger partial charge in [-0.2, -0.15) is 0 Å². The third-order valence-electron chi connectivity index (χ3n) is 5.61. The Morgan fingerprint density at radius 3 is 2.44 bits per heavy atom. The fraction of sp³-hybridized carbons (Fsp3) is 0.179. The van der Waals surface area contributed by atoms with Gasteiger partial charge < -0.3 is 14.8 Å². The van der Waals surface area contributed by atoms with Crippen molar-refractivity contribution < 1.29 is 23.9 Å². The van der Waals surface area contributed by atoms with E-state index < -0.39 is 17.1 Å². The summed E-state index contributed by atoms with van der Waals surface area (Å²) in [7, 11) is 0. The first kappa shape index (κ1) is 25.1. The standard InChI is InChI=1S/C28H26N2O5S/c1-19-9-8-13-23(20(19)2)29-26(31)18-30-27(32)25(36-28(30)33)17-21-10-6-7-14-24(21)35-16-15-34-22-11-4-3-5-12-22/h3-14,17H,15-16,18H2,1-2H3,(H,29,31)/b25-17+. The molecule has 1 aliphatic heterocycles. The Morgan fingerprint density at radius 2 is 1.64 bits per heavy atom. The molecule has 3 amide bonds. The number of ether oxygens (including phenoxy) is 2. The van der Waals surface area contributed by atoms with Crippen LogP contribution in [0.1, 0.15) is 16.7 Å². The maximum Gasteiger partial charge on any atom is 0.294 e. The molecule has 0 aliphatic carbocycles. The Labute approximate surface area is 214 Å². The van der Waals surface area contributed by atoms with Crippen molar-refractivity contribution in [2.45, 2.75) is 13.8 Å². The zero-order valence-electron chi connectivity index (χ0n) is 20.0. The van der Waals surface area contributed by atoms with Crippen LogP contribution >= 0.6 is 11.8 Å². The second-order valence-corrected chi connectivity index (χ2v) is 9.10. The average molecular weight is 503 g/mol. The molecule has 1 aliphatic rings. The van der Waals surface area contributed by atoms with E-state index in [1.165, 1.54) is 0 Å². The van der Waals surface area contributed by atoms with Gasteiger partial charge in [-0.05, 0) is 67.1 Å². The molecule has 1 heterocycles. The lowest BCUT2D eigenvalue weighted by Crippen LogP contribution is -2.36. The number of thioether (sulfide) groups is 1. The first-order chi connectivity index (χ1) is 17.4. The molecule has 0 radical (unpaired) electrons. The SMILES string of the molecule is Cc1cccc(NC(=O)CN2C(=O)S/C(=C/c3ccccc3OCCOc3ccccc3)C2=O)c1C. The predicted molar refractivity (Wildman–Crippen MR) is 141 cm³/mol. The highest BCUT2D eigenvalue weighted by Crippen LogP contribution is 2.34. The Hall–Kier alpha value is -4.04. The molecule has 0 saturated carbocycles. The predicted octanol–water partition coefficient (Wildman–Crippen LogP) is 5.44. The number of anilines is 1. The second kappa shape index (κ2) is 11.6. The van der Waals surface area contributed by atoms with E-state index in [0.29, 0.717) is 30.2 Å². The summed E-state index contributed by atoms with van der Waals surface area (Å²) in [6, 6.07) is 22.3. The van der Waals surface area contributed by atoms with Crippen LogP contribution in [0.15, 0.2) is 77.7 Å². The summed E-state index contributed by atoms with van der Waals surface area (Å²) in [5, 5.41) is 2.30. The molecule has 1 N–H and O–H groups in total. The summed E-state index contributed by atoms with van der Waals surface area (Å²) >= 11 is 0.803. The molecule has 0 spiro atoms. The number of hydrogen-bond acceptors (Lipinski definition) is 6. The normalized spacial score (nSPS) is 14.3. The van der Waals surface area contributed by atoms with Crippen molar-refractivity contribution >= 4 is 40.6 Å². The molecule has 3 aromatic rings. The van der Waals surface area contributed by atoms with Gasteiger partial charge in [0.2, 0.25) is 5.91 Å². The van der Waals surface area contributed by atoms with E-state index in [1.54, 1.807) is 24.3 Å². The Kier molecular flexibility index (Phi) is 8.07. The van der Waals surface area contributed by atoms with E-state index in [0.717, 1.165) is 33.5 Å². The molecule has 0 aromatic heterocycles. The zero-order chi connectivity index (χ0) is 25.5. The summed E-state index contributed by atoms with van der Waals surface area (Å²) in [6.07, 6.45) is 1.61. The van der Waals surface area contributed by atoms with Crippen LogP contribution in [-0.2, 0) is 9.59 Å². The molecule has 3 aromatic carbocycles. The minimum absolute atomic E-state index is 0.233. The van der Waals surface area contributed by atoms with Gasteiger partial charge in [0.05, 0.1) is 4.91 Å². The molecule has 8 heteroatoms. The first-order valence-electron chi connectivity index (χ1n) is 11.4. The van der Waals surface area contributed by atoms with Crippen molar-refractivity contribution in [2.24, 2.45) is 0 Å². The minimum atomic E-state index is -0.511. The van der Waals surface area contributed by atoms with Crippen molar-refractivity contribution in [1.29, 1.82) is 0 Å². The van der Waals surface area contributed by atoms with Crippen LogP contribution in [0.4, 0.5) is 10.5 Å². The van der Waals surface area contributed by atoms with E-state index in [-0.39, 0.29) is 11.4 Å². The smallest absolute Gasteiger partial charge is 0.294 e. The average Bonchev–Trinajstić information content (AvgIpc) is 3.13. The molecule has 184 valence electrons. The van der Waals surface area contributed by atoms with Crippen molar-refractivity contribution in [3.05, 3.63) is 94.4 Å². The number of aryl methyl sites for hydroxylation is 1. The van der Waals surface area contributed by atoms with Crippen LogP contribution in [0.5, 0.6) is 11.5 Å². The lowest BCUT2D eigenvalue weighted by Gasteiger charge is -2.14. The van der Waals surface area contributed by atoms with Gasteiger partial charge >= 0.3 is 0 Å². The molecule has 36 heavy (non-hydrogen) atoms. The second-order valence-electron chi connectivity index (χ2n) is 8.11. The fourth-order valence-electron chi connectivity index (χ4n) is 3.56. The van der Waals surface area contributed by atoms with E-state index >= 15 is 0 Å². The highest BCUT2D eigenvalue weighted by atomic mass is 32.2. The lowest BCUT2D eigenvalue weighted by atomic mass is 10.1. The first-order valence-corrected chi connectivity index (χ1v) is 12.2. The summed E-state index contributed by atoms with van der Waals surface area (Å²) in [4.78, 5) is 39.2. The summed E-state index contributed by atoms with van der Waals surface area (Å²) in [6.45, 7) is 4.15. The highest BCUT2D eigenvalue weighted by Gasteiger charge is 2.36. The number of para-hydroxylation sites is 2. The molecular weight excluding hydrogens is 476 g/mol. The maximum absolute atomic E-state index is 12.9. The van der Waals surface area contributed by atoms with Crippen LogP contribution in [0.3, 0.4) is 0 Å². The van der Waals surface area contributed by atoms with Gasteiger partial charge in [-0.15, -0.1) is 0 Å². The van der Waals surface area contributed by atoms with Crippen molar-refractivity contribution in [3.8, 4) is 11.5 Å². The molecule has 4 rings (SSSR count). The number of benzene rings is 3. The Balaban J connectivity index is 1.38. The summed E-state index contributed by atoms with van der Waals surface area (Å²) in [5.74, 6) is 0.371. The number of rotatable bonds is 9. The largest absolute Gasteiger partial charge is 0.490 e. The number of nitrogens with one attached hydrogen (secondary N) is 1. The minimum Gasteiger partial charge on any atom is -0.490 e. The third kappa shape index (κ3) is 6.14. The van der Waals surface area contributed by atoms with Crippen LogP contribution in [-0.4, -0.2) is 41.7 Å². The third-order valence-corrected chi connectivity index (χ3v) is 6.52. The van der Waals surface area contributed by atoms with E-state index in [2.05, 4.69) is 5.32 Å².